The third kappa shape index (κ3) is 6.54. The van der Waals surface area contributed by atoms with Gasteiger partial charge in [-0.1, -0.05) is 12.1 Å². The van der Waals surface area contributed by atoms with Crippen molar-refractivity contribution in [1.29, 1.82) is 0 Å². The molecule has 0 aromatic heterocycles. The highest BCUT2D eigenvalue weighted by Gasteiger charge is 2.04. The second kappa shape index (κ2) is 8.55. The van der Waals surface area contributed by atoms with E-state index in [0.717, 1.165) is 30.6 Å². The highest BCUT2D eigenvalue weighted by molar-refractivity contribution is 5.89. The first-order valence-corrected chi connectivity index (χ1v) is 7.04. The maximum Gasteiger partial charge on any atom is 0.319 e. The van der Waals surface area contributed by atoms with Crippen LogP contribution in [0, 0.1) is 0 Å². The van der Waals surface area contributed by atoms with Crippen molar-refractivity contribution in [3.05, 3.63) is 29.8 Å². The molecule has 1 aromatic carbocycles. The fourth-order valence-electron chi connectivity index (χ4n) is 1.83. The van der Waals surface area contributed by atoms with Crippen LogP contribution >= 0.6 is 0 Å². The number of rotatable bonds is 7. The monoisotopic (exact) mass is 278 g/mol. The predicted molar refractivity (Wildman–Crippen MR) is 83.9 cm³/mol. The number of carbonyl (C=O) groups excluding carboxylic acids is 1. The minimum absolute atomic E-state index is 0.0363. The van der Waals surface area contributed by atoms with Gasteiger partial charge in [-0.05, 0) is 58.1 Å². The second-order valence-electron chi connectivity index (χ2n) is 5.31. The molecule has 0 aliphatic rings. The molecule has 20 heavy (non-hydrogen) atoms. The van der Waals surface area contributed by atoms with Crippen molar-refractivity contribution in [2.24, 2.45) is 5.73 Å². The van der Waals surface area contributed by atoms with Crippen molar-refractivity contribution in [3.8, 4) is 0 Å². The molecule has 5 heteroatoms. The molecule has 112 valence electrons. The van der Waals surface area contributed by atoms with E-state index < -0.39 is 0 Å². The molecule has 0 spiro atoms. The number of amides is 2. The Balaban J connectivity index is 2.30. The number of anilines is 1. The molecule has 4 N–H and O–H groups in total. The Morgan fingerprint density at radius 3 is 2.75 bits per heavy atom. The van der Waals surface area contributed by atoms with Gasteiger partial charge in [0.1, 0.15) is 0 Å². The molecule has 0 radical (unpaired) electrons. The Kier molecular flexibility index (Phi) is 7.04. The highest BCUT2D eigenvalue weighted by atomic mass is 16.2. The van der Waals surface area contributed by atoms with Gasteiger partial charge in [0.25, 0.3) is 0 Å². The van der Waals surface area contributed by atoms with Gasteiger partial charge in [-0.25, -0.2) is 4.79 Å². The molecule has 0 saturated carbocycles. The van der Waals surface area contributed by atoms with Crippen molar-refractivity contribution in [2.75, 3.05) is 32.5 Å². The standard InChI is InChI=1S/C15H26N4O/c1-12(16)13-7-6-8-14(11-13)18-15(20)17-9-4-5-10-19(2)3/h6-8,11-12H,4-5,9-10,16H2,1-3H3,(H2,17,18,20). The maximum absolute atomic E-state index is 11.7. The molecular formula is C15H26N4O. The van der Waals surface area contributed by atoms with Gasteiger partial charge in [0, 0.05) is 18.3 Å². The van der Waals surface area contributed by atoms with Crippen LogP contribution in [0.25, 0.3) is 0 Å². The molecule has 1 aromatic rings. The lowest BCUT2D eigenvalue weighted by Crippen LogP contribution is -2.30. The molecular weight excluding hydrogens is 252 g/mol. The van der Waals surface area contributed by atoms with Crippen molar-refractivity contribution in [3.63, 3.8) is 0 Å². The molecule has 2 amide bonds. The Bertz CT molecular complexity index is 418. The van der Waals surface area contributed by atoms with Crippen LogP contribution in [0.3, 0.4) is 0 Å². The summed E-state index contributed by atoms with van der Waals surface area (Å²) in [7, 11) is 4.09. The molecule has 0 heterocycles. The minimum Gasteiger partial charge on any atom is -0.338 e. The number of benzene rings is 1. The molecule has 0 aliphatic heterocycles. The number of nitrogens with one attached hydrogen (secondary N) is 2. The first kappa shape index (κ1) is 16.5. The van der Waals surface area contributed by atoms with Gasteiger partial charge in [0.05, 0.1) is 0 Å². The molecule has 1 atom stereocenters. The van der Waals surface area contributed by atoms with E-state index in [1.165, 1.54) is 0 Å². The molecule has 1 rings (SSSR count). The van der Waals surface area contributed by atoms with E-state index in [9.17, 15) is 4.79 Å². The van der Waals surface area contributed by atoms with Crippen LogP contribution in [0.2, 0.25) is 0 Å². The van der Waals surface area contributed by atoms with Gasteiger partial charge in [0.2, 0.25) is 0 Å². The summed E-state index contributed by atoms with van der Waals surface area (Å²) >= 11 is 0. The fraction of sp³-hybridized carbons (Fsp3) is 0.533. The smallest absolute Gasteiger partial charge is 0.319 e. The van der Waals surface area contributed by atoms with Crippen LogP contribution < -0.4 is 16.4 Å². The summed E-state index contributed by atoms with van der Waals surface area (Å²) in [4.78, 5) is 13.9. The van der Waals surface area contributed by atoms with E-state index in [4.69, 9.17) is 5.73 Å². The Hall–Kier alpha value is -1.59. The van der Waals surface area contributed by atoms with Crippen molar-refractivity contribution in [1.82, 2.24) is 10.2 Å². The van der Waals surface area contributed by atoms with Crippen LogP contribution in [0.4, 0.5) is 10.5 Å². The number of urea groups is 1. The van der Waals surface area contributed by atoms with E-state index in [2.05, 4.69) is 15.5 Å². The largest absolute Gasteiger partial charge is 0.338 e. The Labute approximate surface area is 121 Å². The molecule has 0 aliphatic carbocycles. The summed E-state index contributed by atoms with van der Waals surface area (Å²) in [5.74, 6) is 0. The van der Waals surface area contributed by atoms with Crippen molar-refractivity contribution >= 4 is 11.7 Å². The predicted octanol–water partition coefficient (Wildman–Crippen LogP) is 2.17. The Morgan fingerprint density at radius 2 is 2.10 bits per heavy atom. The first-order valence-electron chi connectivity index (χ1n) is 7.04. The third-order valence-electron chi connectivity index (χ3n) is 2.99. The van der Waals surface area contributed by atoms with Crippen molar-refractivity contribution < 1.29 is 4.79 Å². The quantitative estimate of drug-likeness (QED) is 0.669. The summed E-state index contributed by atoms with van der Waals surface area (Å²) < 4.78 is 0. The summed E-state index contributed by atoms with van der Waals surface area (Å²) in [6, 6.07) is 7.40. The topological polar surface area (TPSA) is 70.4 Å². The zero-order chi connectivity index (χ0) is 15.0. The maximum atomic E-state index is 11.7. The van der Waals surface area contributed by atoms with E-state index in [0.29, 0.717) is 6.54 Å². The van der Waals surface area contributed by atoms with Crippen LogP contribution in [-0.4, -0.2) is 38.1 Å². The Morgan fingerprint density at radius 1 is 1.35 bits per heavy atom. The fourth-order valence-corrected chi connectivity index (χ4v) is 1.83. The van der Waals surface area contributed by atoms with Crippen LogP contribution in [-0.2, 0) is 0 Å². The van der Waals surface area contributed by atoms with Gasteiger partial charge in [-0.3, -0.25) is 0 Å². The summed E-state index contributed by atoms with van der Waals surface area (Å²) in [6.07, 6.45) is 2.05. The highest BCUT2D eigenvalue weighted by Crippen LogP contribution is 2.15. The van der Waals surface area contributed by atoms with Gasteiger partial charge >= 0.3 is 6.03 Å². The SMILES string of the molecule is CC(N)c1cccc(NC(=O)NCCCCN(C)C)c1. The second-order valence-corrected chi connectivity index (χ2v) is 5.31. The minimum atomic E-state index is -0.170. The van der Waals surface area contributed by atoms with E-state index in [-0.39, 0.29) is 12.1 Å². The molecule has 0 saturated heterocycles. The normalized spacial score (nSPS) is 12.2. The average molecular weight is 278 g/mol. The number of nitrogens with zero attached hydrogens (tertiary/aromatic N) is 1. The number of hydrogen-bond acceptors (Lipinski definition) is 3. The number of hydrogen-bond donors (Lipinski definition) is 3. The van der Waals surface area contributed by atoms with E-state index in [1.54, 1.807) is 0 Å². The van der Waals surface area contributed by atoms with Gasteiger partial charge in [-0.2, -0.15) is 0 Å². The zero-order valence-corrected chi connectivity index (χ0v) is 12.6. The van der Waals surface area contributed by atoms with Gasteiger partial charge in [0.15, 0.2) is 0 Å². The van der Waals surface area contributed by atoms with Crippen LogP contribution in [0.5, 0.6) is 0 Å². The van der Waals surface area contributed by atoms with E-state index in [1.807, 2.05) is 45.3 Å². The molecule has 1 unspecified atom stereocenters. The lowest BCUT2D eigenvalue weighted by atomic mass is 10.1. The third-order valence-corrected chi connectivity index (χ3v) is 2.99. The summed E-state index contributed by atoms with van der Waals surface area (Å²) in [6.45, 7) is 3.65. The average Bonchev–Trinajstić information content (AvgIpc) is 2.38. The number of nitrogens with two attached hydrogens (primary N) is 1. The van der Waals surface area contributed by atoms with Crippen LogP contribution in [0.15, 0.2) is 24.3 Å². The lowest BCUT2D eigenvalue weighted by molar-refractivity contribution is 0.251. The summed E-state index contributed by atoms with van der Waals surface area (Å²) in [5, 5.41) is 5.67. The number of carbonyl (C=O) groups is 1. The zero-order valence-electron chi connectivity index (χ0n) is 12.6. The molecule has 5 nitrogen and oxygen atoms in total. The van der Waals surface area contributed by atoms with Crippen LogP contribution in [0.1, 0.15) is 31.4 Å². The first-order chi connectivity index (χ1) is 9.49. The van der Waals surface area contributed by atoms with E-state index >= 15 is 0 Å². The lowest BCUT2D eigenvalue weighted by Gasteiger charge is -2.11. The van der Waals surface area contributed by atoms with Gasteiger partial charge < -0.3 is 21.3 Å². The summed E-state index contributed by atoms with van der Waals surface area (Å²) in [5.41, 5.74) is 7.60. The molecule has 0 fully saturated rings. The molecule has 0 bridgehead atoms. The van der Waals surface area contributed by atoms with Gasteiger partial charge in [-0.15, -0.1) is 0 Å². The number of unbranched alkanes of at least 4 members (excludes halogenated alkanes) is 1. The van der Waals surface area contributed by atoms with Crippen molar-refractivity contribution in [2.45, 2.75) is 25.8 Å².